The van der Waals surface area contributed by atoms with E-state index in [-0.39, 0.29) is 0 Å². The minimum atomic E-state index is 0.693. The molecule has 0 unspecified atom stereocenters. The third-order valence-corrected chi connectivity index (χ3v) is 8.34. The van der Waals surface area contributed by atoms with Gasteiger partial charge in [0.2, 0.25) is 0 Å². The Morgan fingerprint density at radius 1 is 1.13 bits per heavy atom. The van der Waals surface area contributed by atoms with Gasteiger partial charge in [-0.15, -0.1) is 23.1 Å². The SMILES string of the molecule is CN(c1nc(-c2ccc(SCc3c(Cl)ccc4c3CCNCC4)cc2)cs1)C1CC1. The molecular weight excluding hydrogens is 430 g/mol. The molecular formula is C24H26ClN3S2. The minimum absolute atomic E-state index is 0.693. The normalized spacial score (nSPS) is 16.2. The fourth-order valence-electron chi connectivity index (χ4n) is 4.03. The number of halogens is 1. The highest BCUT2D eigenvalue weighted by Crippen LogP contribution is 2.35. The summed E-state index contributed by atoms with van der Waals surface area (Å²) in [4.78, 5) is 8.44. The third-order valence-electron chi connectivity index (χ3n) is 6.02. The zero-order valence-corrected chi connectivity index (χ0v) is 19.5. The van der Waals surface area contributed by atoms with Gasteiger partial charge in [0.25, 0.3) is 0 Å². The molecule has 1 aromatic heterocycles. The van der Waals surface area contributed by atoms with Gasteiger partial charge in [-0.25, -0.2) is 4.98 Å². The number of thioether (sulfide) groups is 1. The quantitative estimate of drug-likeness (QED) is 0.458. The summed E-state index contributed by atoms with van der Waals surface area (Å²) in [6.45, 7) is 2.09. The molecule has 1 saturated carbocycles. The van der Waals surface area contributed by atoms with E-state index in [0.717, 1.165) is 47.5 Å². The monoisotopic (exact) mass is 455 g/mol. The number of rotatable bonds is 6. The van der Waals surface area contributed by atoms with Crippen LogP contribution in [0.25, 0.3) is 11.3 Å². The van der Waals surface area contributed by atoms with Gasteiger partial charge in [-0.1, -0.05) is 29.8 Å². The van der Waals surface area contributed by atoms with Crippen molar-refractivity contribution >= 4 is 39.8 Å². The second kappa shape index (κ2) is 8.91. The van der Waals surface area contributed by atoms with Crippen molar-refractivity contribution in [2.75, 3.05) is 25.0 Å². The van der Waals surface area contributed by atoms with Gasteiger partial charge in [-0.2, -0.15) is 0 Å². The highest BCUT2D eigenvalue weighted by atomic mass is 35.5. The van der Waals surface area contributed by atoms with E-state index < -0.39 is 0 Å². The Balaban J connectivity index is 1.28. The van der Waals surface area contributed by atoms with Crippen LogP contribution in [-0.4, -0.2) is 31.2 Å². The van der Waals surface area contributed by atoms with Gasteiger partial charge in [-0.3, -0.25) is 0 Å². The summed E-state index contributed by atoms with van der Waals surface area (Å²) in [7, 11) is 2.16. The van der Waals surface area contributed by atoms with E-state index in [0.29, 0.717) is 6.04 Å². The molecule has 0 spiro atoms. The lowest BCUT2D eigenvalue weighted by atomic mass is 9.98. The van der Waals surface area contributed by atoms with E-state index in [1.165, 1.54) is 40.0 Å². The van der Waals surface area contributed by atoms with Crippen LogP contribution in [0.3, 0.4) is 0 Å². The number of hydrogen-bond donors (Lipinski definition) is 1. The fraction of sp³-hybridized carbons (Fsp3) is 0.375. The zero-order valence-electron chi connectivity index (χ0n) is 17.2. The van der Waals surface area contributed by atoms with Crippen molar-refractivity contribution < 1.29 is 0 Å². The van der Waals surface area contributed by atoms with E-state index in [9.17, 15) is 0 Å². The molecule has 0 atom stereocenters. The molecule has 6 heteroatoms. The molecule has 156 valence electrons. The second-order valence-electron chi connectivity index (χ2n) is 8.08. The third kappa shape index (κ3) is 4.40. The van der Waals surface area contributed by atoms with E-state index >= 15 is 0 Å². The number of fused-ring (bicyclic) bond motifs is 1. The first-order valence-corrected chi connectivity index (χ1v) is 12.8. The van der Waals surface area contributed by atoms with E-state index in [1.54, 1.807) is 11.3 Å². The molecule has 0 amide bonds. The largest absolute Gasteiger partial charge is 0.348 e. The first-order chi connectivity index (χ1) is 14.7. The number of anilines is 1. The summed E-state index contributed by atoms with van der Waals surface area (Å²) in [5, 5.41) is 7.69. The molecule has 5 rings (SSSR count). The lowest BCUT2D eigenvalue weighted by Crippen LogP contribution is -2.18. The maximum atomic E-state index is 6.60. The van der Waals surface area contributed by atoms with E-state index in [1.807, 2.05) is 11.8 Å². The topological polar surface area (TPSA) is 28.2 Å². The molecule has 30 heavy (non-hydrogen) atoms. The zero-order chi connectivity index (χ0) is 20.5. The van der Waals surface area contributed by atoms with Crippen molar-refractivity contribution in [1.29, 1.82) is 0 Å². The van der Waals surface area contributed by atoms with Gasteiger partial charge in [0.05, 0.1) is 5.69 Å². The number of aromatic nitrogens is 1. The Kier molecular flexibility index (Phi) is 6.05. The molecule has 2 aliphatic rings. The van der Waals surface area contributed by atoms with Crippen LogP contribution in [0.2, 0.25) is 5.02 Å². The average Bonchev–Trinajstić information content (AvgIpc) is 3.54. The summed E-state index contributed by atoms with van der Waals surface area (Å²) in [5.41, 5.74) is 6.46. The van der Waals surface area contributed by atoms with Crippen LogP contribution in [0, 0.1) is 0 Å². The Morgan fingerprint density at radius 2 is 1.93 bits per heavy atom. The Hall–Kier alpha value is -1.53. The molecule has 2 aromatic carbocycles. The van der Waals surface area contributed by atoms with Gasteiger partial charge in [0.15, 0.2) is 5.13 Å². The van der Waals surface area contributed by atoms with Gasteiger partial charge in [0.1, 0.15) is 0 Å². The van der Waals surface area contributed by atoms with Crippen molar-refractivity contribution in [2.45, 2.75) is 42.4 Å². The molecule has 0 radical (unpaired) electrons. The number of nitrogens with one attached hydrogen (secondary N) is 1. The second-order valence-corrected chi connectivity index (χ2v) is 10.4. The maximum Gasteiger partial charge on any atom is 0.185 e. The Bertz CT molecular complexity index is 1030. The van der Waals surface area contributed by atoms with E-state index in [2.05, 4.69) is 59.0 Å². The van der Waals surface area contributed by atoms with Crippen LogP contribution in [-0.2, 0) is 18.6 Å². The van der Waals surface area contributed by atoms with Crippen LogP contribution in [0.4, 0.5) is 5.13 Å². The average molecular weight is 456 g/mol. The number of benzene rings is 2. The predicted octanol–water partition coefficient (Wildman–Crippen LogP) is 6.04. The highest BCUT2D eigenvalue weighted by molar-refractivity contribution is 7.98. The Labute approximate surface area is 191 Å². The maximum absolute atomic E-state index is 6.60. The number of nitrogens with zero attached hydrogens (tertiary/aromatic N) is 2. The van der Waals surface area contributed by atoms with E-state index in [4.69, 9.17) is 16.6 Å². The van der Waals surface area contributed by atoms with Crippen molar-refractivity contribution in [2.24, 2.45) is 0 Å². The highest BCUT2D eigenvalue weighted by Gasteiger charge is 2.28. The van der Waals surface area contributed by atoms with Gasteiger partial charge in [0, 0.05) is 39.7 Å². The fourth-order valence-corrected chi connectivity index (χ4v) is 6.19. The van der Waals surface area contributed by atoms with Gasteiger partial charge in [-0.05, 0) is 73.7 Å². The van der Waals surface area contributed by atoms with Crippen LogP contribution in [0.5, 0.6) is 0 Å². The van der Waals surface area contributed by atoms with Crippen molar-refractivity contribution in [1.82, 2.24) is 10.3 Å². The van der Waals surface area contributed by atoms with Gasteiger partial charge >= 0.3 is 0 Å². The summed E-state index contributed by atoms with van der Waals surface area (Å²) >= 11 is 10.2. The standard InChI is InChI=1S/C24H26ClN3S2/c1-28(18-5-6-18)24-27-23(15-30-24)17-2-7-19(8-3-17)29-14-21-20-11-13-26-12-10-16(20)4-9-22(21)25/h2-4,7-9,15,18,26H,5-6,10-14H2,1H3. The molecule has 0 saturated heterocycles. The lowest BCUT2D eigenvalue weighted by molar-refractivity contribution is 0.710. The van der Waals surface area contributed by atoms with Crippen LogP contribution >= 0.6 is 34.7 Å². The summed E-state index contributed by atoms with van der Waals surface area (Å²) in [5.74, 6) is 0.911. The first-order valence-electron chi connectivity index (χ1n) is 10.6. The van der Waals surface area contributed by atoms with Crippen LogP contribution < -0.4 is 10.2 Å². The Morgan fingerprint density at radius 3 is 2.73 bits per heavy atom. The van der Waals surface area contributed by atoms with Crippen molar-refractivity contribution in [3.05, 3.63) is 63.5 Å². The number of thiazole rings is 1. The number of hydrogen-bond acceptors (Lipinski definition) is 5. The van der Waals surface area contributed by atoms with Crippen molar-refractivity contribution in [3.8, 4) is 11.3 Å². The first kappa shape index (κ1) is 20.4. The summed E-state index contributed by atoms with van der Waals surface area (Å²) in [6.07, 6.45) is 4.74. The lowest BCUT2D eigenvalue weighted by Gasteiger charge is -2.14. The summed E-state index contributed by atoms with van der Waals surface area (Å²) in [6, 6.07) is 13.8. The summed E-state index contributed by atoms with van der Waals surface area (Å²) < 4.78 is 0. The molecule has 1 N–H and O–H groups in total. The van der Waals surface area contributed by atoms with Gasteiger partial charge < -0.3 is 10.2 Å². The van der Waals surface area contributed by atoms with Crippen molar-refractivity contribution in [3.63, 3.8) is 0 Å². The molecule has 1 aliphatic heterocycles. The molecule has 1 fully saturated rings. The minimum Gasteiger partial charge on any atom is -0.348 e. The van der Waals surface area contributed by atoms with Crippen LogP contribution in [0.1, 0.15) is 29.5 Å². The van der Waals surface area contributed by atoms with Crippen LogP contribution in [0.15, 0.2) is 46.7 Å². The molecule has 0 bridgehead atoms. The molecule has 1 aliphatic carbocycles. The molecule has 2 heterocycles. The molecule has 3 aromatic rings. The molecule has 3 nitrogen and oxygen atoms in total. The predicted molar refractivity (Wildman–Crippen MR) is 130 cm³/mol. The smallest absolute Gasteiger partial charge is 0.185 e.